The van der Waals surface area contributed by atoms with Crippen molar-refractivity contribution < 1.29 is 8.83 Å². The zero-order valence-corrected chi connectivity index (χ0v) is 32.0. The van der Waals surface area contributed by atoms with E-state index in [1.54, 1.807) is 0 Å². The molecule has 59 heavy (non-hydrogen) atoms. The van der Waals surface area contributed by atoms with Gasteiger partial charge in [-0.15, -0.1) is 0 Å². The van der Waals surface area contributed by atoms with Crippen molar-refractivity contribution in [2.45, 2.75) is 0 Å². The highest BCUT2D eigenvalue weighted by molar-refractivity contribution is 6.19. The van der Waals surface area contributed by atoms with Crippen molar-refractivity contribution in [3.63, 3.8) is 0 Å². The number of fused-ring (bicyclic) bond motifs is 4. The first-order valence-electron chi connectivity index (χ1n) is 19.9. The molecule has 0 saturated heterocycles. The van der Waals surface area contributed by atoms with Gasteiger partial charge >= 0.3 is 0 Å². The number of hydrogen-bond acceptors (Lipinski definition) is 4. The molecule has 278 valence electrons. The average molecular weight is 757 g/mol. The minimum atomic E-state index is 0.578. The van der Waals surface area contributed by atoms with Crippen LogP contribution in [0.15, 0.2) is 227 Å². The van der Waals surface area contributed by atoms with Gasteiger partial charge < -0.3 is 13.7 Å². The van der Waals surface area contributed by atoms with E-state index in [4.69, 9.17) is 13.8 Å². The SMILES string of the molecule is c1ccc(-c2ccc(N(c3ccc(-c4c5oc(-c6ccccc6)nc5cc5oc6ccccc6c45)cc3)c3ccc(-c4ccccc4)c(-c4ccccc4)c3)cc2)cc1. The van der Waals surface area contributed by atoms with Gasteiger partial charge in [0, 0.05) is 45.0 Å². The third-order valence-corrected chi connectivity index (χ3v) is 11.1. The van der Waals surface area contributed by atoms with E-state index in [1.807, 2.05) is 48.5 Å². The predicted octanol–water partition coefficient (Wildman–Crippen LogP) is 15.5. The van der Waals surface area contributed by atoms with Gasteiger partial charge in [0.05, 0.1) is 0 Å². The Labute approximate surface area is 341 Å². The Kier molecular flexibility index (Phi) is 8.45. The lowest BCUT2D eigenvalue weighted by Crippen LogP contribution is -2.10. The lowest BCUT2D eigenvalue weighted by Gasteiger charge is -2.27. The molecule has 0 aliphatic heterocycles. The third kappa shape index (κ3) is 6.24. The molecule has 0 atom stereocenters. The summed E-state index contributed by atoms with van der Waals surface area (Å²) >= 11 is 0. The van der Waals surface area contributed by atoms with E-state index >= 15 is 0 Å². The molecular formula is C55H36N2O2. The molecule has 0 radical (unpaired) electrons. The molecule has 4 nitrogen and oxygen atoms in total. The maximum absolute atomic E-state index is 6.67. The van der Waals surface area contributed by atoms with Crippen LogP contribution in [0.25, 0.3) is 89.0 Å². The monoisotopic (exact) mass is 756 g/mol. The summed E-state index contributed by atoms with van der Waals surface area (Å²) in [6.07, 6.45) is 0. The first-order chi connectivity index (χ1) is 29.2. The Hall–Kier alpha value is -7.95. The second-order valence-corrected chi connectivity index (χ2v) is 14.7. The van der Waals surface area contributed by atoms with Gasteiger partial charge in [-0.1, -0.05) is 158 Å². The molecule has 0 saturated carbocycles. The van der Waals surface area contributed by atoms with Crippen molar-refractivity contribution >= 4 is 50.1 Å². The molecule has 0 aliphatic rings. The summed E-state index contributed by atoms with van der Waals surface area (Å²) in [7, 11) is 0. The Morgan fingerprint density at radius 2 is 0.864 bits per heavy atom. The van der Waals surface area contributed by atoms with E-state index in [9.17, 15) is 0 Å². The Morgan fingerprint density at radius 1 is 0.356 bits per heavy atom. The number of oxazole rings is 1. The molecule has 11 aromatic rings. The highest BCUT2D eigenvalue weighted by atomic mass is 16.4. The van der Waals surface area contributed by atoms with Crippen LogP contribution in [0.3, 0.4) is 0 Å². The molecule has 0 unspecified atom stereocenters. The van der Waals surface area contributed by atoms with Gasteiger partial charge in [-0.25, -0.2) is 4.98 Å². The fraction of sp³-hybridized carbons (Fsp3) is 0. The predicted molar refractivity (Wildman–Crippen MR) is 243 cm³/mol. The number of nitrogens with zero attached hydrogens (tertiary/aromatic N) is 2. The fourth-order valence-corrected chi connectivity index (χ4v) is 8.31. The second kappa shape index (κ2) is 14.5. The van der Waals surface area contributed by atoms with Crippen LogP contribution in [0.2, 0.25) is 0 Å². The quantitative estimate of drug-likeness (QED) is 0.155. The van der Waals surface area contributed by atoms with E-state index in [1.165, 1.54) is 22.3 Å². The van der Waals surface area contributed by atoms with E-state index in [0.29, 0.717) is 5.89 Å². The molecule has 0 amide bonds. The van der Waals surface area contributed by atoms with Crippen molar-refractivity contribution in [1.82, 2.24) is 4.98 Å². The molecule has 9 aromatic carbocycles. The van der Waals surface area contributed by atoms with Crippen molar-refractivity contribution in [2.24, 2.45) is 0 Å². The third-order valence-electron chi connectivity index (χ3n) is 11.1. The number of para-hydroxylation sites is 1. The van der Waals surface area contributed by atoms with E-state index in [0.717, 1.165) is 77.9 Å². The van der Waals surface area contributed by atoms with Gasteiger partial charge in [-0.3, -0.25) is 0 Å². The molecule has 4 heteroatoms. The van der Waals surface area contributed by atoms with Crippen molar-refractivity contribution in [2.75, 3.05) is 4.90 Å². The summed E-state index contributed by atoms with van der Waals surface area (Å²) in [5.41, 5.74) is 16.1. The normalized spacial score (nSPS) is 11.4. The minimum absolute atomic E-state index is 0.578. The number of hydrogen-bond donors (Lipinski definition) is 0. The molecule has 2 heterocycles. The van der Waals surface area contributed by atoms with Crippen LogP contribution in [0.4, 0.5) is 17.1 Å². The zero-order chi connectivity index (χ0) is 39.1. The Balaban J connectivity index is 1.09. The lowest BCUT2D eigenvalue weighted by atomic mass is 9.93. The van der Waals surface area contributed by atoms with Crippen LogP contribution >= 0.6 is 0 Å². The maximum Gasteiger partial charge on any atom is 0.227 e. The van der Waals surface area contributed by atoms with Crippen molar-refractivity contribution in [3.8, 4) is 56.0 Å². The Morgan fingerprint density at radius 3 is 1.51 bits per heavy atom. The van der Waals surface area contributed by atoms with Gasteiger partial charge in [0.25, 0.3) is 0 Å². The standard InChI is InChI=1S/C55H36N2O2/c1-5-15-37(16-6-1)38-25-29-43(30-26-38)57(45-33-34-46(39-17-7-2-8-18-39)48(35-45)40-19-9-3-10-20-40)44-31-27-41(28-32-44)52-53-47-23-13-14-24-50(47)58-51(53)36-49-54(52)59-55(56-49)42-21-11-4-12-22-42/h1-36H. The van der Waals surface area contributed by atoms with Gasteiger partial charge in [0.15, 0.2) is 5.58 Å². The van der Waals surface area contributed by atoms with Crippen LogP contribution < -0.4 is 4.90 Å². The van der Waals surface area contributed by atoms with Crippen LogP contribution in [-0.2, 0) is 0 Å². The number of aromatic nitrogens is 1. The summed E-state index contributed by atoms with van der Waals surface area (Å²) in [5, 5.41) is 2.04. The molecule has 11 rings (SSSR count). The Bertz CT molecular complexity index is 3230. The first kappa shape index (κ1) is 34.3. The average Bonchev–Trinajstić information content (AvgIpc) is 3.91. The van der Waals surface area contributed by atoms with Gasteiger partial charge in [0.1, 0.15) is 16.7 Å². The molecule has 0 N–H and O–H groups in total. The van der Waals surface area contributed by atoms with Crippen LogP contribution in [0.5, 0.6) is 0 Å². The second-order valence-electron chi connectivity index (χ2n) is 14.7. The largest absolute Gasteiger partial charge is 0.456 e. The molecule has 0 bridgehead atoms. The van der Waals surface area contributed by atoms with E-state index in [-0.39, 0.29) is 0 Å². The van der Waals surface area contributed by atoms with Gasteiger partial charge in [0.2, 0.25) is 5.89 Å². The van der Waals surface area contributed by atoms with Gasteiger partial charge in [-0.2, -0.15) is 0 Å². The fourth-order valence-electron chi connectivity index (χ4n) is 8.31. The summed E-state index contributed by atoms with van der Waals surface area (Å²) in [6.45, 7) is 0. The highest BCUT2D eigenvalue weighted by Crippen LogP contribution is 2.45. The zero-order valence-electron chi connectivity index (χ0n) is 32.0. The maximum atomic E-state index is 6.67. The van der Waals surface area contributed by atoms with Crippen LogP contribution in [-0.4, -0.2) is 4.98 Å². The van der Waals surface area contributed by atoms with Crippen molar-refractivity contribution in [1.29, 1.82) is 0 Å². The smallest absolute Gasteiger partial charge is 0.227 e. The molecule has 2 aromatic heterocycles. The van der Waals surface area contributed by atoms with Crippen LogP contribution in [0, 0.1) is 0 Å². The molecule has 0 fully saturated rings. The number of furan rings is 1. The topological polar surface area (TPSA) is 42.4 Å². The van der Waals surface area contributed by atoms with E-state index in [2.05, 4.69) is 175 Å². The lowest BCUT2D eigenvalue weighted by molar-refractivity contribution is 0.621. The number of anilines is 3. The molecule has 0 spiro atoms. The van der Waals surface area contributed by atoms with Crippen LogP contribution in [0.1, 0.15) is 0 Å². The molecule has 0 aliphatic carbocycles. The number of rotatable bonds is 8. The number of benzene rings is 9. The highest BCUT2D eigenvalue weighted by Gasteiger charge is 2.23. The molecular weight excluding hydrogens is 721 g/mol. The summed E-state index contributed by atoms with van der Waals surface area (Å²) in [4.78, 5) is 7.31. The minimum Gasteiger partial charge on any atom is -0.456 e. The van der Waals surface area contributed by atoms with Crippen molar-refractivity contribution in [3.05, 3.63) is 218 Å². The summed E-state index contributed by atoms with van der Waals surface area (Å²) < 4.78 is 13.1. The summed E-state index contributed by atoms with van der Waals surface area (Å²) in [5.74, 6) is 0.578. The summed E-state index contributed by atoms with van der Waals surface area (Å²) in [6, 6.07) is 76.5. The van der Waals surface area contributed by atoms with E-state index < -0.39 is 0 Å². The van der Waals surface area contributed by atoms with Gasteiger partial charge in [-0.05, 0) is 93.5 Å². The first-order valence-corrected chi connectivity index (χ1v) is 19.9.